The maximum atomic E-state index is 12.3. The normalized spacial score (nSPS) is 10.3. The predicted molar refractivity (Wildman–Crippen MR) is 80.1 cm³/mol. The largest absolute Gasteiger partial charge is 0.320 e. The van der Waals surface area contributed by atoms with E-state index >= 15 is 0 Å². The number of pyridine rings is 1. The molecule has 0 radical (unpaired) electrons. The molecule has 0 aliphatic heterocycles. The first-order valence-corrected chi connectivity index (χ1v) is 6.47. The van der Waals surface area contributed by atoms with E-state index < -0.39 is 0 Å². The Morgan fingerprint density at radius 1 is 1.16 bits per heavy atom. The molecular weight excluding hydrogens is 256 g/mol. The average molecular weight is 272 g/mol. The lowest BCUT2D eigenvalue weighted by molar-refractivity contribution is 0.102. The topological polar surface area (TPSA) is 42.0 Å². The van der Waals surface area contributed by atoms with Crippen LogP contribution in [0.5, 0.6) is 0 Å². The molecule has 0 saturated carbocycles. The second kappa shape index (κ2) is 5.45. The molecule has 4 heteroatoms. The molecule has 0 spiro atoms. The lowest BCUT2D eigenvalue weighted by Gasteiger charge is -2.10. The summed E-state index contributed by atoms with van der Waals surface area (Å²) >= 11 is 4.26. The number of nitrogens with zero attached hydrogens (tertiary/aromatic N) is 1. The van der Waals surface area contributed by atoms with Crippen molar-refractivity contribution < 1.29 is 4.79 Å². The molecule has 19 heavy (non-hydrogen) atoms. The zero-order valence-corrected chi connectivity index (χ0v) is 12.1. The van der Waals surface area contributed by atoms with Crippen LogP contribution in [-0.2, 0) is 0 Å². The third-order valence-electron chi connectivity index (χ3n) is 2.94. The summed E-state index contributed by atoms with van der Waals surface area (Å²) in [6, 6.07) is 9.27. The van der Waals surface area contributed by atoms with Gasteiger partial charge in [-0.3, -0.25) is 9.78 Å². The van der Waals surface area contributed by atoms with Crippen molar-refractivity contribution in [1.82, 2.24) is 4.98 Å². The van der Waals surface area contributed by atoms with Crippen molar-refractivity contribution in [1.29, 1.82) is 0 Å². The van der Waals surface area contributed by atoms with Crippen LogP contribution in [0.15, 0.2) is 35.2 Å². The fourth-order valence-corrected chi connectivity index (χ4v) is 2.07. The average Bonchev–Trinajstić information content (AvgIpc) is 2.35. The van der Waals surface area contributed by atoms with Crippen LogP contribution in [0.1, 0.15) is 27.3 Å². The van der Waals surface area contributed by atoms with Crippen molar-refractivity contribution in [3.63, 3.8) is 0 Å². The number of thiol groups is 1. The third-order valence-corrected chi connectivity index (χ3v) is 3.22. The molecule has 0 aliphatic rings. The minimum atomic E-state index is -0.137. The summed E-state index contributed by atoms with van der Waals surface area (Å²) in [5.41, 5.74) is 4.04. The van der Waals surface area contributed by atoms with Crippen LogP contribution in [-0.4, -0.2) is 10.9 Å². The molecule has 2 rings (SSSR count). The minimum Gasteiger partial charge on any atom is -0.320 e. The first kappa shape index (κ1) is 13.6. The number of anilines is 1. The summed E-state index contributed by atoms with van der Waals surface area (Å²) < 4.78 is 0. The summed E-state index contributed by atoms with van der Waals surface area (Å²) in [4.78, 5) is 17.4. The van der Waals surface area contributed by atoms with E-state index in [1.807, 2.05) is 45.0 Å². The Balaban J connectivity index is 2.28. The molecule has 98 valence electrons. The number of carbonyl (C=O) groups is 1. The number of aromatic nitrogens is 1. The number of rotatable bonds is 2. The van der Waals surface area contributed by atoms with E-state index in [9.17, 15) is 4.79 Å². The molecule has 0 bridgehead atoms. The van der Waals surface area contributed by atoms with Gasteiger partial charge in [0.1, 0.15) is 0 Å². The molecule has 1 aromatic carbocycles. The molecule has 2 aromatic rings. The van der Waals surface area contributed by atoms with Crippen LogP contribution in [0.25, 0.3) is 0 Å². The Hall–Kier alpha value is -1.81. The molecule has 3 nitrogen and oxygen atoms in total. The van der Waals surface area contributed by atoms with E-state index in [1.165, 1.54) is 0 Å². The highest BCUT2D eigenvalue weighted by molar-refractivity contribution is 7.80. The number of carbonyl (C=O) groups excluding carboxylic acids is 1. The van der Waals surface area contributed by atoms with Crippen molar-refractivity contribution in [2.24, 2.45) is 0 Å². The molecule has 0 atom stereocenters. The first-order valence-electron chi connectivity index (χ1n) is 6.02. The monoisotopic (exact) mass is 272 g/mol. The van der Waals surface area contributed by atoms with Gasteiger partial charge in [-0.25, -0.2) is 0 Å². The molecule has 1 amide bonds. The lowest BCUT2D eigenvalue weighted by atomic mass is 10.1. The van der Waals surface area contributed by atoms with Gasteiger partial charge in [0, 0.05) is 16.2 Å². The van der Waals surface area contributed by atoms with Gasteiger partial charge in [-0.1, -0.05) is 6.07 Å². The predicted octanol–water partition coefficient (Wildman–Crippen LogP) is 3.55. The summed E-state index contributed by atoms with van der Waals surface area (Å²) in [5, 5.41) is 2.89. The minimum absolute atomic E-state index is 0.137. The van der Waals surface area contributed by atoms with E-state index in [0.29, 0.717) is 5.56 Å². The Bertz CT molecular complexity index is 638. The van der Waals surface area contributed by atoms with Crippen LogP contribution >= 0.6 is 12.6 Å². The van der Waals surface area contributed by atoms with Gasteiger partial charge in [-0.15, -0.1) is 12.6 Å². The highest BCUT2D eigenvalue weighted by Gasteiger charge is 2.11. The molecule has 1 aromatic heterocycles. The number of nitrogens with one attached hydrogen (secondary N) is 1. The van der Waals surface area contributed by atoms with Gasteiger partial charge in [0.05, 0.1) is 11.4 Å². The van der Waals surface area contributed by atoms with Crippen LogP contribution in [0, 0.1) is 20.8 Å². The van der Waals surface area contributed by atoms with Crippen molar-refractivity contribution >= 4 is 24.2 Å². The number of benzene rings is 1. The van der Waals surface area contributed by atoms with Crippen molar-refractivity contribution in [3.8, 4) is 0 Å². The smallest absolute Gasteiger partial charge is 0.256 e. The van der Waals surface area contributed by atoms with Crippen molar-refractivity contribution in [2.45, 2.75) is 25.7 Å². The number of aryl methyl sites for hydroxylation is 3. The van der Waals surface area contributed by atoms with Gasteiger partial charge in [-0.2, -0.15) is 0 Å². The third kappa shape index (κ3) is 3.15. The van der Waals surface area contributed by atoms with E-state index in [0.717, 1.165) is 27.5 Å². The van der Waals surface area contributed by atoms with E-state index in [4.69, 9.17) is 0 Å². The molecule has 0 unspecified atom stereocenters. The lowest BCUT2D eigenvalue weighted by Crippen LogP contribution is -2.14. The molecular formula is C15H16N2OS. The Kier molecular flexibility index (Phi) is 3.90. The van der Waals surface area contributed by atoms with Crippen LogP contribution < -0.4 is 5.32 Å². The van der Waals surface area contributed by atoms with Gasteiger partial charge in [0.25, 0.3) is 5.91 Å². The Labute approximate surface area is 118 Å². The molecule has 1 heterocycles. The number of hydrogen-bond acceptors (Lipinski definition) is 3. The Morgan fingerprint density at radius 3 is 2.58 bits per heavy atom. The summed E-state index contributed by atoms with van der Waals surface area (Å²) in [6.07, 6.45) is 0. The molecule has 0 saturated heterocycles. The fourth-order valence-electron chi connectivity index (χ4n) is 1.86. The van der Waals surface area contributed by atoms with Crippen LogP contribution in [0.3, 0.4) is 0 Å². The highest BCUT2D eigenvalue weighted by atomic mass is 32.1. The SMILES string of the molecule is Cc1ccc(NC(=O)c2cc(S)ccc2C)c(C)n1. The maximum absolute atomic E-state index is 12.3. The number of amides is 1. The standard InChI is InChI=1S/C15H16N2OS/c1-9-4-6-12(19)8-13(9)15(18)17-14-7-5-10(2)16-11(14)3/h4-8,19H,1-3H3,(H,17,18). The van der Waals surface area contributed by atoms with Gasteiger partial charge >= 0.3 is 0 Å². The van der Waals surface area contributed by atoms with Crippen molar-refractivity contribution in [3.05, 3.63) is 52.8 Å². The molecule has 0 aliphatic carbocycles. The summed E-state index contributed by atoms with van der Waals surface area (Å²) in [5.74, 6) is -0.137. The first-order chi connectivity index (χ1) is 8.97. The van der Waals surface area contributed by atoms with E-state index in [1.54, 1.807) is 6.07 Å². The van der Waals surface area contributed by atoms with Crippen LogP contribution in [0.4, 0.5) is 5.69 Å². The van der Waals surface area contributed by atoms with E-state index in [-0.39, 0.29) is 5.91 Å². The maximum Gasteiger partial charge on any atom is 0.256 e. The Morgan fingerprint density at radius 2 is 1.89 bits per heavy atom. The zero-order chi connectivity index (χ0) is 14.0. The van der Waals surface area contributed by atoms with Gasteiger partial charge in [-0.05, 0) is 50.6 Å². The fraction of sp³-hybridized carbons (Fsp3) is 0.200. The highest BCUT2D eigenvalue weighted by Crippen LogP contribution is 2.18. The van der Waals surface area contributed by atoms with Gasteiger partial charge in [0.2, 0.25) is 0 Å². The second-order valence-corrected chi connectivity index (χ2v) is 5.06. The van der Waals surface area contributed by atoms with Crippen LogP contribution in [0.2, 0.25) is 0 Å². The zero-order valence-electron chi connectivity index (χ0n) is 11.2. The molecule has 1 N–H and O–H groups in total. The van der Waals surface area contributed by atoms with Crippen molar-refractivity contribution in [2.75, 3.05) is 5.32 Å². The van der Waals surface area contributed by atoms with E-state index in [2.05, 4.69) is 22.9 Å². The number of hydrogen-bond donors (Lipinski definition) is 2. The summed E-state index contributed by atoms with van der Waals surface area (Å²) in [6.45, 7) is 5.71. The van der Waals surface area contributed by atoms with Gasteiger partial charge < -0.3 is 5.32 Å². The van der Waals surface area contributed by atoms with Gasteiger partial charge in [0.15, 0.2) is 0 Å². The summed E-state index contributed by atoms with van der Waals surface area (Å²) in [7, 11) is 0. The quantitative estimate of drug-likeness (QED) is 0.821. The molecule has 0 fully saturated rings. The second-order valence-electron chi connectivity index (χ2n) is 4.54.